The van der Waals surface area contributed by atoms with Crippen LogP contribution in [0.5, 0.6) is 5.75 Å². The summed E-state index contributed by atoms with van der Waals surface area (Å²) in [6.07, 6.45) is 0. The van der Waals surface area contributed by atoms with Crippen molar-refractivity contribution >= 4 is 28.9 Å². The first-order chi connectivity index (χ1) is 10.1. The van der Waals surface area contributed by atoms with Crippen molar-refractivity contribution < 1.29 is 19.4 Å². The number of rotatable bonds is 4. The van der Waals surface area contributed by atoms with Gasteiger partial charge in [0.05, 0.1) is 12.7 Å². The fourth-order valence-corrected chi connectivity index (χ4v) is 2.25. The number of aromatic carboxylic acids is 1. The number of amides is 1. The summed E-state index contributed by atoms with van der Waals surface area (Å²) in [5.41, 5.74) is 0.253. The number of ether oxygens (including phenoxy) is 1. The van der Waals surface area contributed by atoms with Crippen LogP contribution in [0.3, 0.4) is 0 Å². The van der Waals surface area contributed by atoms with Crippen molar-refractivity contribution in [1.29, 1.82) is 5.26 Å². The van der Waals surface area contributed by atoms with Crippen LogP contribution >= 0.6 is 11.3 Å². The summed E-state index contributed by atoms with van der Waals surface area (Å²) in [7, 11) is 1.41. The number of thiazole rings is 1. The highest BCUT2D eigenvalue weighted by Crippen LogP contribution is 2.28. The molecule has 0 fully saturated rings. The minimum Gasteiger partial charge on any atom is -0.495 e. The maximum absolute atomic E-state index is 12.1. The molecule has 0 saturated carbocycles. The Morgan fingerprint density at radius 3 is 2.81 bits per heavy atom. The monoisotopic (exact) mass is 303 g/mol. The Kier molecular flexibility index (Phi) is 4.15. The predicted octanol–water partition coefficient (Wildman–Crippen LogP) is 1.97. The van der Waals surface area contributed by atoms with E-state index in [4.69, 9.17) is 15.1 Å². The van der Waals surface area contributed by atoms with Crippen molar-refractivity contribution in [1.82, 2.24) is 4.98 Å². The number of carboxylic acid groups (broad SMARTS) is 1. The molecule has 2 rings (SSSR count). The van der Waals surface area contributed by atoms with E-state index in [-0.39, 0.29) is 22.0 Å². The summed E-state index contributed by atoms with van der Waals surface area (Å²) in [5, 5.41) is 21.6. The molecule has 1 amide bonds. The molecule has 1 aromatic carbocycles. The van der Waals surface area contributed by atoms with Crippen LogP contribution in [-0.2, 0) is 0 Å². The number of methoxy groups -OCH3 is 1. The third-order valence-corrected chi connectivity index (χ3v) is 3.36. The van der Waals surface area contributed by atoms with E-state index in [9.17, 15) is 9.59 Å². The van der Waals surface area contributed by atoms with E-state index >= 15 is 0 Å². The molecule has 1 heterocycles. The summed E-state index contributed by atoms with van der Waals surface area (Å²) in [5.74, 6) is -1.48. The first-order valence-corrected chi connectivity index (χ1v) is 6.52. The molecule has 2 aromatic rings. The summed E-state index contributed by atoms with van der Waals surface area (Å²) >= 11 is 0.904. The van der Waals surface area contributed by atoms with Gasteiger partial charge in [-0.3, -0.25) is 4.79 Å². The molecule has 21 heavy (non-hydrogen) atoms. The van der Waals surface area contributed by atoms with Gasteiger partial charge in [0, 0.05) is 5.38 Å². The summed E-state index contributed by atoms with van der Waals surface area (Å²) in [6.45, 7) is 0. The lowest BCUT2D eigenvalue weighted by Crippen LogP contribution is -2.14. The minimum atomic E-state index is -1.21. The number of carbonyl (C=O) groups is 2. The third-order valence-electron chi connectivity index (χ3n) is 2.52. The van der Waals surface area contributed by atoms with E-state index in [0.29, 0.717) is 5.75 Å². The van der Waals surface area contributed by atoms with Gasteiger partial charge in [-0.25, -0.2) is 9.78 Å². The molecule has 2 N–H and O–H groups in total. The Bertz CT molecular complexity index is 748. The summed E-state index contributed by atoms with van der Waals surface area (Å²) < 4.78 is 5.09. The summed E-state index contributed by atoms with van der Waals surface area (Å²) in [4.78, 5) is 26.5. The van der Waals surface area contributed by atoms with Gasteiger partial charge in [0.15, 0.2) is 10.7 Å². The van der Waals surface area contributed by atoms with Crippen LogP contribution in [0.15, 0.2) is 23.6 Å². The van der Waals surface area contributed by atoms with Gasteiger partial charge in [0.1, 0.15) is 17.5 Å². The molecule has 0 aliphatic heterocycles. The second-order valence-corrected chi connectivity index (χ2v) is 4.65. The van der Waals surface area contributed by atoms with Crippen molar-refractivity contribution in [2.75, 3.05) is 12.4 Å². The molecular formula is C13H9N3O4S. The molecule has 0 spiro atoms. The van der Waals surface area contributed by atoms with Gasteiger partial charge in [-0.15, -0.1) is 11.3 Å². The Morgan fingerprint density at radius 1 is 1.48 bits per heavy atom. The van der Waals surface area contributed by atoms with Gasteiger partial charge < -0.3 is 15.2 Å². The molecule has 0 bridgehead atoms. The zero-order chi connectivity index (χ0) is 15.4. The number of anilines is 1. The smallest absolute Gasteiger partial charge is 0.355 e. The fourth-order valence-electron chi connectivity index (χ4n) is 1.57. The quantitative estimate of drug-likeness (QED) is 0.893. The highest BCUT2D eigenvalue weighted by atomic mass is 32.1. The van der Waals surface area contributed by atoms with Gasteiger partial charge in [-0.2, -0.15) is 5.26 Å². The second kappa shape index (κ2) is 6.02. The molecule has 0 unspecified atom stereocenters. The molecule has 1 aromatic heterocycles. The van der Waals surface area contributed by atoms with Gasteiger partial charge in [0.2, 0.25) is 0 Å². The van der Waals surface area contributed by atoms with Crippen LogP contribution in [0.25, 0.3) is 0 Å². The van der Waals surface area contributed by atoms with Crippen LogP contribution < -0.4 is 10.1 Å². The van der Waals surface area contributed by atoms with Crippen LogP contribution in [0.2, 0.25) is 0 Å². The van der Waals surface area contributed by atoms with E-state index in [1.165, 1.54) is 18.6 Å². The number of nitrogens with one attached hydrogen (secondary N) is 1. The van der Waals surface area contributed by atoms with E-state index in [2.05, 4.69) is 10.3 Å². The number of para-hydroxylation sites is 1. The number of nitriles is 1. The zero-order valence-corrected chi connectivity index (χ0v) is 11.6. The Balaban J connectivity index is 2.31. The molecule has 8 heteroatoms. The number of carbonyl (C=O) groups excluding carboxylic acids is 1. The Labute approximate surface area is 123 Å². The number of benzene rings is 1. The molecule has 0 aliphatic rings. The van der Waals surface area contributed by atoms with Gasteiger partial charge >= 0.3 is 5.97 Å². The first-order valence-electron chi connectivity index (χ1n) is 5.64. The van der Waals surface area contributed by atoms with E-state index in [1.54, 1.807) is 12.1 Å². The number of hydrogen-bond donors (Lipinski definition) is 2. The zero-order valence-electron chi connectivity index (χ0n) is 10.8. The number of hydrogen-bond acceptors (Lipinski definition) is 6. The average Bonchev–Trinajstić information content (AvgIpc) is 2.97. The van der Waals surface area contributed by atoms with Gasteiger partial charge in [-0.05, 0) is 12.1 Å². The summed E-state index contributed by atoms with van der Waals surface area (Å²) in [6, 6.07) is 6.70. The molecule has 0 atom stereocenters. The Hall–Kier alpha value is -2.92. The lowest BCUT2D eigenvalue weighted by molar-refractivity contribution is 0.0691. The van der Waals surface area contributed by atoms with Crippen molar-refractivity contribution in [2.45, 2.75) is 0 Å². The maximum atomic E-state index is 12.1. The van der Waals surface area contributed by atoms with Gasteiger partial charge in [0.25, 0.3) is 5.91 Å². The van der Waals surface area contributed by atoms with Crippen LogP contribution in [0, 0.1) is 11.3 Å². The molecule has 106 valence electrons. The molecule has 7 nitrogen and oxygen atoms in total. The van der Waals surface area contributed by atoms with E-state index in [1.807, 2.05) is 6.07 Å². The number of nitrogens with zero attached hydrogens (tertiary/aromatic N) is 2. The standard InChI is InChI=1S/C13H9N3O4S/c1-20-9-4-2-3-7(5-14)10(9)16-11(17)12-15-8(6-21-12)13(18)19/h2-4,6H,1H3,(H,16,17)(H,18,19). The van der Waals surface area contributed by atoms with Crippen molar-refractivity contribution in [3.05, 3.63) is 39.8 Å². The lowest BCUT2D eigenvalue weighted by atomic mass is 10.2. The normalized spacial score (nSPS) is 9.71. The topological polar surface area (TPSA) is 112 Å². The molecular weight excluding hydrogens is 294 g/mol. The highest BCUT2D eigenvalue weighted by molar-refractivity contribution is 7.12. The maximum Gasteiger partial charge on any atom is 0.355 e. The second-order valence-electron chi connectivity index (χ2n) is 3.79. The fraction of sp³-hybridized carbons (Fsp3) is 0.0769. The number of aromatic nitrogens is 1. The average molecular weight is 303 g/mol. The highest BCUT2D eigenvalue weighted by Gasteiger charge is 2.18. The Morgan fingerprint density at radius 2 is 2.24 bits per heavy atom. The van der Waals surface area contributed by atoms with Gasteiger partial charge in [-0.1, -0.05) is 6.07 Å². The van der Waals surface area contributed by atoms with Crippen LogP contribution in [0.4, 0.5) is 5.69 Å². The van der Waals surface area contributed by atoms with E-state index in [0.717, 1.165) is 11.3 Å². The van der Waals surface area contributed by atoms with Crippen molar-refractivity contribution in [3.63, 3.8) is 0 Å². The molecule has 0 aliphatic carbocycles. The van der Waals surface area contributed by atoms with Crippen LogP contribution in [-0.4, -0.2) is 29.1 Å². The van der Waals surface area contributed by atoms with Crippen LogP contribution in [0.1, 0.15) is 25.9 Å². The molecule has 0 saturated heterocycles. The number of carboxylic acids is 1. The minimum absolute atomic E-state index is 0.0119. The van der Waals surface area contributed by atoms with Crippen molar-refractivity contribution in [2.24, 2.45) is 0 Å². The third kappa shape index (κ3) is 2.98. The predicted molar refractivity (Wildman–Crippen MR) is 74.7 cm³/mol. The molecule has 0 radical (unpaired) electrons. The van der Waals surface area contributed by atoms with Crippen molar-refractivity contribution in [3.8, 4) is 11.8 Å². The first kappa shape index (κ1) is 14.5. The largest absolute Gasteiger partial charge is 0.495 e. The lowest BCUT2D eigenvalue weighted by Gasteiger charge is -2.10. The SMILES string of the molecule is COc1cccc(C#N)c1NC(=O)c1nc(C(=O)O)cs1. The van der Waals surface area contributed by atoms with E-state index < -0.39 is 11.9 Å².